The second-order valence-electron chi connectivity index (χ2n) is 6.57. The van der Waals surface area contributed by atoms with Crippen molar-refractivity contribution in [3.8, 4) is 0 Å². The number of halogens is 1. The normalized spacial score (nSPS) is 21.2. The number of carbonyl (C=O) groups is 2. The van der Waals surface area contributed by atoms with Gasteiger partial charge in [0.15, 0.2) is 5.78 Å². The molecule has 5 heteroatoms. The van der Waals surface area contributed by atoms with Gasteiger partial charge in [-0.2, -0.15) is 0 Å². The van der Waals surface area contributed by atoms with Crippen molar-refractivity contribution in [2.24, 2.45) is 4.99 Å². The van der Waals surface area contributed by atoms with E-state index in [9.17, 15) is 14.0 Å². The summed E-state index contributed by atoms with van der Waals surface area (Å²) in [6, 6.07) is 4.82. The van der Waals surface area contributed by atoms with E-state index in [1.807, 2.05) is 0 Å². The zero-order valence-electron chi connectivity index (χ0n) is 13.5. The van der Waals surface area contributed by atoms with E-state index in [2.05, 4.69) is 4.99 Å². The first-order valence-electron chi connectivity index (χ1n) is 8.55. The Morgan fingerprint density at radius 1 is 1.00 bits per heavy atom. The van der Waals surface area contributed by atoms with Gasteiger partial charge in [0, 0.05) is 24.1 Å². The molecule has 0 bridgehead atoms. The molecule has 1 amide bonds. The smallest absolute Gasteiger partial charge is 0.227 e. The van der Waals surface area contributed by atoms with Crippen LogP contribution in [0.15, 0.2) is 34.3 Å². The van der Waals surface area contributed by atoms with E-state index in [4.69, 9.17) is 0 Å². The predicted octanol–water partition coefficient (Wildman–Crippen LogP) is 3.19. The number of hydrogen-bond acceptors (Lipinski definition) is 3. The number of dihydropyridines is 1. The number of anilines is 1. The minimum Gasteiger partial charge on any atom is -0.310 e. The number of amides is 1. The van der Waals surface area contributed by atoms with E-state index >= 15 is 0 Å². The third-order valence-corrected chi connectivity index (χ3v) is 5.05. The molecule has 2 heterocycles. The fourth-order valence-corrected chi connectivity index (χ4v) is 3.85. The minimum atomic E-state index is -0.390. The summed E-state index contributed by atoms with van der Waals surface area (Å²) in [5.41, 5.74) is 3.84. The summed E-state index contributed by atoms with van der Waals surface area (Å²) in [7, 11) is 0. The summed E-state index contributed by atoms with van der Waals surface area (Å²) in [6.45, 7) is 0.724. The summed E-state index contributed by atoms with van der Waals surface area (Å²) in [5, 5.41) is 0. The highest BCUT2D eigenvalue weighted by Gasteiger charge is 2.29. The molecule has 0 atom stereocenters. The summed E-state index contributed by atoms with van der Waals surface area (Å²) < 4.78 is 14.3. The van der Waals surface area contributed by atoms with Gasteiger partial charge in [-0.25, -0.2) is 4.39 Å². The van der Waals surface area contributed by atoms with Gasteiger partial charge in [0.1, 0.15) is 12.4 Å². The van der Waals surface area contributed by atoms with Gasteiger partial charge in [-0.1, -0.05) is 0 Å². The van der Waals surface area contributed by atoms with Gasteiger partial charge in [0.2, 0.25) is 5.91 Å². The molecular formula is C19H19FN2O2. The Kier molecular flexibility index (Phi) is 3.79. The Bertz CT molecular complexity index is 795. The third-order valence-electron chi connectivity index (χ3n) is 5.05. The van der Waals surface area contributed by atoms with E-state index in [0.717, 1.165) is 54.5 Å². The van der Waals surface area contributed by atoms with Gasteiger partial charge >= 0.3 is 0 Å². The molecule has 24 heavy (non-hydrogen) atoms. The second kappa shape index (κ2) is 5.96. The molecule has 0 spiro atoms. The molecule has 1 saturated heterocycles. The van der Waals surface area contributed by atoms with Crippen molar-refractivity contribution in [2.45, 2.75) is 38.5 Å². The van der Waals surface area contributed by atoms with Gasteiger partial charge in [-0.3, -0.25) is 14.6 Å². The fraction of sp³-hybridized carbons (Fsp3) is 0.421. The average Bonchev–Trinajstić information content (AvgIpc) is 3.02. The number of rotatable bonds is 2. The summed E-state index contributed by atoms with van der Waals surface area (Å²) >= 11 is 0. The van der Waals surface area contributed by atoms with Gasteiger partial charge < -0.3 is 4.90 Å². The highest BCUT2D eigenvalue weighted by molar-refractivity contribution is 6.20. The number of allylic oxidation sites excluding steroid dienone is 1. The molecule has 0 unspecified atom stereocenters. The van der Waals surface area contributed by atoms with Crippen LogP contribution in [0.5, 0.6) is 0 Å². The number of Topliss-reactive ketones (excluding diaryl/α,β-unsaturated/α-hetero) is 1. The van der Waals surface area contributed by atoms with Crippen LogP contribution in [0.3, 0.4) is 0 Å². The standard InChI is InChI=1S/C19H19FN2O2/c20-15-8-7-12(10-16(15)22-9-3-6-18(22)24)19-14-5-2-1-4-13(14)17(23)11-21-19/h7-8,10H,1-6,9,11H2. The molecule has 1 aromatic rings. The molecule has 124 valence electrons. The van der Waals surface area contributed by atoms with E-state index in [0.29, 0.717) is 18.7 Å². The molecule has 0 radical (unpaired) electrons. The lowest BCUT2D eigenvalue weighted by Crippen LogP contribution is -2.26. The molecule has 2 aliphatic heterocycles. The van der Waals surface area contributed by atoms with Crippen molar-refractivity contribution in [3.63, 3.8) is 0 Å². The number of aliphatic imine (C=N–C) groups is 1. The van der Waals surface area contributed by atoms with Gasteiger partial charge in [0.05, 0.1) is 11.4 Å². The SMILES string of the molecule is O=C1CN=C(c2ccc(F)c(N3CCCC3=O)c2)C2=C1CCCC2. The number of carbonyl (C=O) groups excluding carboxylic acids is 2. The Hall–Kier alpha value is -2.30. The highest BCUT2D eigenvalue weighted by atomic mass is 19.1. The quantitative estimate of drug-likeness (QED) is 0.838. The topological polar surface area (TPSA) is 49.7 Å². The Morgan fingerprint density at radius 3 is 2.54 bits per heavy atom. The highest BCUT2D eigenvalue weighted by Crippen LogP contribution is 2.33. The second-order valence-corrected chi connectivity index (χ2v) is 6.57. The average molecular weight is 326 g/mol. The number of ketones is 1. The lowest BCUT2D eigenvalue weighted by atomic mass is 9.83. The van der Waals surface area contributed by atoms with E-state index in [1.165, 1.54) is 11.0 Å². The van der Waals surface area contributed by atoms with Crippen molar-refractivity contribution in [2.75, 3.05) is 18.0 Å². The molecule has 1 fully saturated rings. The lowest BCUT2D eigenvalue weighted by Gasteiger charge is -2.25. The number of benzene rings is 1. The van der Waals surface area contributed by atoms with Crippen LogP contribution in [-0.4, -0.2) is 30.5 Å². The number of nitrogens with zero attached hydrogens (tertiary/aromatic N) is 2. The molecule has 3 aliphatic rings. The van der Waals surface area contributed by atoms with E-state index in [-0.39, 0.29) is 24.1 Å². The zero-order valence-corrected chi connectivity index (χ0v) is 13.5. The van der Waals surface area contributed by atoms with Gasteiger partial charge in [0.25, 0.3) is 0 Å². The molecule has 4 nitrogen and oxygen atoms in total. The first-order valence-corrected chi connectivity index (χ1v) is 8.55. The van der Waals surface area contributed by atoms with Crippen LogP contribution < -0.4 is 4.90 Å². The Labute approximate surface area is 140 Å². The molecule has 1 aliphatic carbocycles. The van der Waals surface area contributed by atoms with Crippen molar-refractivity contribution < 1.29 is 14.0 Å². The van der Waals surface area contributed by atoms with Crippen molar-refractivity contribution in [1.29, 1.82) is 0 Å². The number of hydrogen-bond donors (Lipinski definition) is 0. The van der Waals surface area contributed by atoms with Crippen molar-refractivity contribution in [1.82, 2.24) is 0 Å². The summed E-state index contributed by atoms with van der Waals surface area (Å²) in [4.78, 5) is 30.0. The molecular weight excluding hydrogens is 307 g/mol. The maximum absolute atomic E-state index is 14.3. The predicted molar refractivity (Wildman–Crippen MR) is 89.9 cm³/mol. The van der Waals surface area contributed by atoms with Crippen LogP contribution in [0, 0.1) is 5.82 Å². The Balaban J connectivity index is 1.76. The summed E-state index contributed by atoms with van der Waals surface area (Å²) in [6.07, 6.45) is 4.96. The van der Waals surface area contributed by atoms with E-state index < -0.39 is 0 Å². The maximum atomic E-state index is 14.3. The molecule has 4 rings (SSSR count). The van der Waals surface area contributed by atoms with E-state index in [1.54, 1.807) is 12.1 Å². The first-order chi connectivity index (χ1) is 11.6. The summed E-state index contributed by atoms with van der Waals surface area (Å²) in [5.74, 6) is -0.311. The zero-order chi connectivity index (χ0) is 16.7. The maximum Gasteiger partial charge on any atom is 0.227 e. The molecule has 0 saturated carbocycles. The van der Waals surface area contributed by atoms with Crippen molar-refractivity contribution in [3.05, 3.63) is 40.7 Å². The Morgan fingerprint density at radius 2 is 1.79 bits per heavy atom. The fourth-order valence-electron chi connectivity index (χ4n) is 3.85. The first kappa shape index (κ1) is 15.2. The van der Waals surface area contributed by atoms with Gasteiger partial charge in [-0.05, 0) is 55.9 Å². The third kappa shape index (κ3) is 2.48. The van der Waals surface area contributed by atoms with Crippen LogP contribution in [0.2, 0.25) is 0 Å². The van der Waals surface area contributed by atoms with Crippen LogP contribution in [0.4, 0.5) is 10.1 Å². The largest absolute Gasteiger partial charge is 0.310 e. The van der Waals surface area contributed by atoms with Crippen LogP contribution >= 0.6 is 0 Å². The molecule has 0 aromatic heterocycles. The van der Waals surface area contributed by atoms with Crippen LogP contribution in [-0.2, 0) is 9.59 Å². The van der Waals surface area contributed by atoms with Gasteiger partial charge in [-0.15, -0.1) is 0 Å². The van der Waals surface area contributed by atoms with Crippen LogP contribution in [0.1, 0.15) is 44.1 Å². The monoisotopic (exact) mass is 326 g/mol. The minimum absolute atomic E-state index is 0.0376. The van der Waals surface area contributed by atoms with Crippen molar-refractivity contribution >= 4 is 23.1 Å². The molecule has 0 N–H and O–H groups in total. The molecule has 1 aromatic carbocycles. The lowest BCUT2D eigenvalue weighted by molar-refractivity contribution is -0.117. The van der Waals surface area contributed by atoms with Crippen LogP contribution in [0.25, 0.3) is 0 Å².